The van der Waals surface area contributed by atoms with Crippen molar-refractivity contribution in [3.8, 4) is 0 Å². The third-order valence-electron chi connectivity index (χ3n) is 4.28. The first-order valence-corrected chi connectivity index (χ1v) is 7.27. The van der Waals surface area contributed by atoms with Crippen LogP contribution in [-0.4, -0.2) is 63.0 Å². The summed E-state index contributed by atoms with van der Waals surface area (Å²) >= 11 is 0. The minimum absolute atomic E-state index is 0.238. The van der Waals surface area contributed by atoms with Crippen molar-refractivity contribution in [3.63, 3.8) is 0 Å². The summed E-state index contributed by atoms with van der Waals surface area (Å²) < 4.78 is 11.0. The topological polar surface area (TPSA) is 33.7 Å². The van der Waals surface area contributed by atoms with Gasteiger partial charge in [-0.05, 0) is 39.2 Å². The number of nitrogens with zero attached hydrogens (tertiary/aromatic N) is 1. The van der Waals surface area contributed by atoms with E-state index in [-0.39, 0.29) is 12.2 Å². The van der Waals surface area contributed by atoms with Crippen LogP contribution < -0.4 is 5.32 Å². The lowest BCUT2D eigenvalue weighted by Crippen LogP contribution is -2.33. The fraction of sp³-hybridized carbons (Fsp3) is 1.00. The van der Waals surface area contributed by atoms with E-state index in [0.717, 1.165) is 19.1 Å². The molecule has 18 heavy (non-hydrogen) atoms. The fourth-order valence-corrected chi connectivity index (χ4v) is 2.76. The Morgan fingerprint density at radius 3 is 2.28 bits per heavy atom. The summed E-state index contributed by atoms with van der Waals surface area (Å²) in [7, 11) is 3.56. The van der Waals surface area contributed by atoms with Gasteiger partial charge in [0.25, 0.3) is 0 Å². The molecular weight excluding hydrogens is 228 g/mol. The molecule has 106 valence electrons. The molecule has 2 fully saturated rings. The number of methoxy groups -OCH3 is 2. The van der Waals surface area contributed by atoms with Gasteiger partial charge in [0.05, 0.1) is 12.2 Å². The highest BCUT2D eigenvalue weighted by Crippen LogP contribution is 2.21. The molecule has 1 aliphatic carbocycles. The summed E-state index contributed by atoms with van der Waals surface area (Å²) in [6.07, 6.45) is 5.76. The SMILES string of the molecule is COC1CN(C(C)CCCNC2CC2)CC1OC. The average molecular weight is 256 g/mol. The molecule has 1 heterocycles. The smallest absolute Gasteiger partial charge is 0.0971 e. The highest BCUT2D eigenvalue weighted by Gasteiger charge is 2.34. The molecule has 0 spiro atoms. The largest absolute Gasteiger partial charge is 0.377 e. The van der Waals surface area contributed by atoms with Crippen LogP contribution >= 0.6 is 0 Å². The van der Waals surface area contributed by atoms with Crippen LogP contribution in [0.1, 0.15) is 32.6 Å². The summed E-state index contributed by atoms with van der Waals surface area (Å²) in [5, 5.41) is 3.57. The summed E-state index contributed by atoms with van der Waals surface area (Å²) in [4.78, 5) is 2.50. The van der Waals surface area contributed by atoms with Crippen LogP contribution in [0.5, 0.6) is 0 Å². The van der Waals surface area contributed by atoms with Crippen molar-refractivity contribution in [3.05, 3.63) is 0 Å². The van der Waals surface area contributed by atoms with Gasteiger partial charge in [-0.3, -0.25) is 4.90 Å². The van der Waals surface area contributed by atoms with Crippen molar-refractivity contribution in [1.29, 1.82) is 0 Å². The average Bonchev–Trinajstić information content (AvgIpc) is 3.11. The second-order valence-corrected chi connectivity index (χ2v) is 5.72. The highest BCUT2D eigenvalue weighted by atomic mass is 16.5. The molecule has 0 aromatic heterocycles. The molecule has 1 N–H and O–H groups in total. The summed E-state index contributed by atoms with van der Waals surface area (Å²) in [5.41, 5.74) is 0. The lowest BCUT2D eigenvalue weighted by molar-refractivity contribution is -0.00461. The number of rotatable bonds is 8. The Morgan fingerprint density at radius 2 is 1.78 bits per heavy atom. The van der Waals surface area contributed by atoms with Crippen LogP contribution in [0.15, 0.2) is 0 Å². The Hall–Kier alpha value is -0.160. The minimum Gasteiger partial charge on any atom is -0.377 e. The van der Waals surface area contributed by atoms with Crippen molar-refractivity contribution >= 4 is 0 Å². The first kappa shape index (κ1) is 14.3. The van der Waals surface area contributed by atoms with Gasteiger partial charge in [0, 0.05) is 39.4 Å². The zero-order chi connectivity index (χ0) is 13.0. The molecule has 0 aromatic carbocycles. The van der Waals surface area contributed by atoms with Gasteiger partial charge >= 0.3 is 0 Å². The van der Waals surface area contributed by atoms with E-state index < -0.39 is 0 Å². The summed E-state index contributed by atoms with van der Waals surface area (Å²) in [5.74, 6) is 0. The number of hydrogen-bond acceptors (Lipinski definition) is 4. The Balaban J connectivity index is 1.63. The van der Waals surface area contributed by atoms with Crippen molar-refractivity contribution in [2.75, 3.05) is 33.9 Å². The van der Waals surface area contributed by atoms with E-state index in [9.17, 15) is 0 Å². The van der Waals surface area contributed by atoms with Crippen LogP contribution in [0.2, 0.25) is 0 Å². The second-order valence-electron chi connectivity index (χ2n) is 5.72. The number of nitrogens with one attached hydrogen (secondary N) is 1. The Morgan fingerprint density at radius 1 is 1.17 bits per heavy atom. The first-order valence-electron chi connectivity index (χ1n) is 7.27. The number of ether oxygens (including phenoxy) is 2. The van der Waals surface area contributed by atoms with Crippen LogP contribution in [0.3, 0.4) is 0 Å². The summed E-state index contributed by atoms with van der Waals surface area (Å²) in [6, 6.07) is 1.46. The van der Waals surface area contributed by atoms with E-state index in [0.29, 0.717) is 6.04 Å². The number of hydrogen-bond donors (Lipinski definition) is 1. The van der Waals surface area contributed by atoms with Gasteiger partial charge in [0.2, 0.25) is 0 Å². The lowest BCUT2D eigenvalue weighted by Gasteiger charge is -2.24. The zero-order valence-electron chi connectivity index (χ0n) is 12.0. The molecule has 0 radical (unpaired) electrons. The molecule has 1 aliphatic heterocycles. The summed E-state index contributed by atoms with van der Waals surface area (Å²) in [6.45, 7) is 5.50. The molecular formula is C14H28N2O2. The maximum Gasteiger partial charge on any atom is 0.0971 e. The Kier molecular flexibility index (Phi) is 5.42. The van der Waals surface area contributed by atoms with Crippen LogP contribution in [-0.2, 0) is 9.47 Å². The van der Waals surface area contributed by atoms with E-state index in [1.165, 1.54) is 32.2 Å². The van der Waals surface area contributed by atoms with E-state index in [2.05, 4.69) is 17.1 Å². The molecule has 0 amide bonds. The number of likely N-dealkylation sites (tertiary alicyclic amines) is 1. The lowest BCUT2D eigenvalue weighted by atomic mass is 10.1. The molecule has 1 saturated heterocycles. The second kappa shape index (κ2) is 6.85. The van der Waals surface area contributed by atoms with Gasteiger partial charge < -0.3 is 14.8 Å². The third-order valence-corrected chi connectivity index (χ3v) is 4.28. The molecule has 3 unspecified atom stereocenters. The van der Waals surface area contributed by atoms with Crippen molar-refractivity contribution in [2.45, 2.75) is 56.9 Å². The van der Waals surface area contributed by atoms with E-state index in [1.807, 2.05) is 0 Å². The molecule has 4 nitrogen and oxygen atoms in total. The Bertz CT molecular complexity index is 234. The highest BCUT2D eigenvalue weighted by molar-refractivity contribution is 4.88. The molecule has 0 bridgehead atoms. The van der Waals surface area contributed by atoms with E-state index >= 15 is 0 Å². The Labute approximate surface area is 111 Å². The van der Waals surface area contributed by atoms with Gasteiger partial charge in [-0.2, -0.15) is 0 Å². The molecule has 3 atom stereocenters. The molecule has 2 rings (SSSR count). The van der Waals surface area contributed by atoms with Crippen molar-refractivity contribution in [2.24, 2.45) is 0 Å². The van der Waals surface area contributed by atoms with Gasteiger partial charge in [0.1, 0.15) is 0 Å². The molecule has 2 aliphatic rings. The molecule has 1 saturated carbocycles. The van der Waals surface area contributed by atoms with Gasteiger partial charge in [0.15, 0.2) is 0 Å². The van der Waals surface area contributed by atoms with Crippen LogP contribution in [0.25, 0.3) is 0 Å². The predicted molar refractivity (Wildman–Crippen MR) is 72.9 cm³/mol. The standard InChI is InChI=1S/C14H28N2O2/c1-11(5-4-8-15-12-6-7-12)16-9-13(17-2)14(10-16)18-3/h11-15H,4-10H2,1-3H3. The normalized spacial score (nSPS) is 30.8. The molecule has 4 heteroatoms. The van der Waals surface area contributed by atoms with Crippen LogP contribution in [0.4, 0.5) is 0 Å². The maximum atomic E-state index is 5.48. The van der Waals surface area contributed by atoms with Crippen molar-refractivity contribution in [1.82, 2.24) is 10.2 Å². The fourth-order valence-electron chi connectivity index (χ4n) is 2.76. The maximum absolute atomic E-state index is 5.48. The monoisotopic (exact) mass is 256 g/mol. The van der Waals surface area contributed by atoms with Crippen LogP contribution in [0, 0.1) is 0 Å². The zero-order valence-corrected chi connectivity index (χ0v) is 12.0. The predicted octanol–water partition coefficient (Wildman–Crippen LogP) is 1.25. The van der Waals surface area contributed by atoms with Crippen molar-refractivity contribution < 1.29 is 9.47 Å². The molecule has 0 aromatic rings. The van der Waals surface area contributed by atoms with E-state index in [1.54, 1.807) is 14.2 Å². The minimum atomic E-state index is 0.238. The van der Waals surface area contributed by atoms with E-state index in [4.69, 9.17) is 9.47 Å². The quantitative estimate of drug-likeness (QED) is 0.663. The van der Waals surface area contributed by atoms with Gasteiger partial charge in [-0.25, -0.2) is 0 Å². The van der Waals surface area contributed by atoms with Gasteiger partial charge in [-0.15, -0.1) is 0 Å². The van der Waals surface area contributed by atoms with Gasteiger partial charge in [-0.1, -0.05) is 0 Å². The first-order chi connectivity index (χ1) is 8.74. The third kappa shape index (κ3) is 3.92.